The van der Waals surface area contributed by atoms with Crippen molar-refractivity contribution in [2.45, 2.75) is 78.2 Å². The maximum atomic E-state index is 12.3. The van der Waals surface area contributed by atoms with Crippen molar-refractivity contribution < 1.29 is 19.1 Å². The van der Waals surface area contributed by atoms with Crippen LogP contribution < -0.4 is 5.32 Å². The van der Waals surface area contributed by atoms with Crippen LogP contribution in [0.4, 0.5) is 0 Å². The minimum atomic E-state index is -2.04. The van der Waals surface area contributed by atoms with Gasteiger partial charge < -0.3 is 14.8 Å². The highest BCUT2D eigenvalue weighted by atomic mass is 28.4. The third-order valence-corrected chi connectivity index (χ3v) is 10.8. The van der Waals surface area contributed by atoms with Gasteiger partial charge in [-0.2, -0.15) is 0 Å². The summed E-state index contributed by atoms with van der Waals surface area (Å²) in [4.78, 5) is 23.7. The van der Waals surface area contributed by atoms with E-state index in [1.54, 1.807) is 13.8 Å². The molecule has 0 spiro atoms. The number of carbonyl (C=O) groups is 2. The van der Waals surface area contributed by atoms with E-state index in [4.69, 9.17) is 4.43 Å². The number of carboxylic acids is 1. The monoisotopic (exact) mass is 329 g/mol. The van der Waals surface area contributed by atoms with Gasteiger partial charge in [-0.1, -0.05) is 20.8 Å². The van der Waals surface area contributed by atoms with E-state index in [1.807, 2.05) is 13.8 Å². The molecule has 5 nitrogen and oxygen atoms in total. The van der Waals surface area contributed by atoms with Crippen molar-refractivity contribution in [2.75, 3.05) is 0 Å². The van der Waals surface area contributed by atoms with Crippen LogP contribution in [0.5, 0.6) is 0 Å². The Balaban J connectivity index is 3.11. The van der Waals surface area contributed by atoms with Crippen LogP contribution in [0.15, 0.2) is 0 Å². The predicted octanol–water partition coefficient (Wildman–Crippen LogP) is 3.01. The molecule has 6 heteroatoms. The SMILES string of the molecule is C[C@@H](C(=O)O)[C@@]1(C)NC(=O)[C@]1(C)[C@@H](C)O[Si](C)(C)C(C)(C)C. The zero-order valence-corrected chi connectivity index (χ0v) is 16.3. The average Bonchev–Trinajstić information content (AvgIpc) is 2.34. The Morgan fingerprint density at radius 3 is 2.05 bits per heavy atom. The lowest BCUT2D eigenvalue weighted by Gasteiger charge is -2.60. The Hall–Kier alpha value is -0.883. The number of aliphatic carboxylic acids is 1. The van der Waals surface area contributed by atoms with Crippen LogP contribution in [0.25, 0.3) is 0 Å². The van der Waals surface area contributed by atoms with Gasteiger partial charge in [0.2, 0.25) is 5.91 Å². The van der Waals surface area contributed by atoms with E-state index < -0.39 is 31.2 Å². The molecule has 0 bridgehead atoms. The van der Waals surface area contributed by atoms with E-state index in [9.17, 15) is 14.7 Å². The van der Waals surface area contributed by atoms with Crippen molar-refractivity contribution in [3.05, 3.63) is 0 Å². The Morgan fingerprint density at radius 2 is 1.73 bits per heavy atom. The summed E-state index contributed by atoms with van der Waals surface area (Å²) < 4.78 is 6.39. The number of amides is 1. The molecule has 1 saturated heterocycles. The van der Waals surface area contributed by atoms with Gasteiger partial charge in [0.1, 0.15) is 0 Å². The molecule has 22 heavy (non-hydrogen) atoms. The minimum absolute atomic E-state index is 0.0344. The van der Waals surface area contributed by atoms with E-state index in [-0.39, 0.29) is 17.0 Å². The van der Waals surface area contributed by atoms with Crippen LogP contribution in [0.1, 0.15) is 48.5 Å². The predicted molar refractivity (Wildman–Crippen MR) is 89.2 cm³/mol. The summed E-state index contributed by atoms with van der Waals surface area (Å²) in [5.74, 6) is -1.72. The standard InChI is InChI=1S/C16H31NO4Si/c1-10(12(18)19)16(7)15(6,13(20)17-16)11(2)21-22(8,9)14(3,4)5/h10-11H,1-9H3,(H,17,20)(H,18,19)/t10-,11+,15-,16+/m0/s1. The fourth-order valence-corrected chi connectivity index (χ4v) is 4.29. The summed E-state index contributed by atoms with van der Waals surface area (Å²) in [6.07, 6.45) is -0.339. The number of carboxylic acid groups (broad SMARTS) is 1. The van der Waals surface area contributed by atoms with E-state index in [1.165, 1.54) is 0 Å². The van der Waals surface area contributed by atoms with Crippen molar-refractivity contribution in [3.63, 3.8) is 0 Å². The zero-order chi connectivity index (χ0) is 17.7. The lowest BCUT2D eigenvalue weighted by Crippen LogP contribution is -2.81. The molecule has 0 saturated carbocycles. The molecule has 0 aromatic heterocycles. The lowest BCUT2D eigenvalue weighted by atomic mass is 9.56. The minimum Gasteiger partial charge on any atom is -0.481 e. The molecular formula is C16H31NO4Si. The summed E-state index contributed by atoms with van der Waals surface area (Å²) in [5.41, 5.74) is -1.65. The average molecular weight is 330 g/mol. The number of carbonyl (C=O) groups excluding carboxylic acids is 1. The number of nitrogens with one attached hydrogen (secondary N) is 1. The first-order valence-electron chi connectivity index (χ1n) is 7.84. The van der Waals surface area contributed by atoms with Gasteiger partial charge in [-0.05, 0) is 45.8 Å². The molecule has 1 heterocycles. The summed E-state index contributed by atoms with van der Waals surface area (Å²) in [7, 11) is -2.04. The summed E-state index contributed by atoms with van der Waals surface area (Å²) >= 11 is 0. The van der Waals surface area contributed by atoms with Crippen molar-refractivity contribution in [2.24, 2.45) is 11.3 Å². The highest BCUT2D eigenvalue weighted by molar-refractivity contribution is 6.74. The maximum absolute atomic E-state index is 12.3. The normalized spacial score (nSPS) is 32.0. The van der Waals surface area contributed by atoms with Crippen LogP contribution in [-0.4, -0.2) is 36.9 Å². The second kappa shape index (κ2) is 5.34. The summed E-state index contributed by atoms with van der Waals surface area (Å²) in [5, 5.41) is 12.2. The van der Waals surface area contributed by atoms with Crippen LogP contribution in [-0.2, 0) is 14.0 Å². The van der Waals surface area contributed by atoms with Crippen molar-refractivity contribution in [3.8, 4) is 0 Å². The topological polar surface area (TPSA) is 75.6 Å². The van der Waals surface area contributed by atoms with E-state index in [0.717, 1.165) is 0 Å². The van der Waals surface area contributed by atoms with Gasteiger partial charge in [-0.15, -0.1) is 0 Å². The Morgan fingerprint density at radius 1 is 1.27 bits per heavy atom. The maximum Gasteiger partial charge on any atom is 0.308 e. The highest BCUT2D eigenvalue weighted by Gasteiger charge is 2.67. The number of hydrogen-bond acceptors (Lipinski definition) is 3. The quantitative estimate of drug-likeness (QED) is 0.600. The van der Waals surface area contributed by atoms with Gasteiger partial charge >= 0.3 is 5.97 Å². The number of β-lactam (4-membered cyclic amide) rings is 1. The second-order valence-corrected chi connectivity index (χ2v) is 13.2. The lowest BCUT2D eigenvalue weighted by molar-refractivity contribution is -0.176. The molecule has 0 aromatic rings. The third kappa shape index (κ3) is 2.60. The molecule has 0 radical (unpaired) electrons. The first-order chi connectivity index (χ1) is 9.61. The first-order valence-corrected chi connectivity index (χ1v) is 10.8. The van der Waals surface area contributed by atoms with Gasteiger partial charge in [-0.3, -0.25) is 9.59 Å². The summed E-state index contributed by atoms with van der Waals surface area (Å²) in [6, 6.07) is 0. The fraction of sp³-hybridized carbons (Fsp3) is 0.875. The molecule has 1 amide bonds. The van der Waals surface area contributed by atoms with Crippen LogP contribution >= 0.6 is 0 Å². The highest BCUT2D eigenvalue weighted by Crippen LogP contribution is 2.50. The molecule has 4 atom stereocenters. The molecular weight excluding hydrogens is 298 g/mol. The second-order valence-electron chi connectivity index (χ2n) is 8.44. The first kappa shape index (κ1) is 19.2. The van der Waals surface area contributed by atoms with Gasteiger partial charge in [0.05, 0.1) is 23.0 Å². The largest absolute Gasteiger partial charge is 0.481 e. The molecule has 0 unspecified atom stereocenters. The van der Waals surface area contributed by atoms with Gasteiger partial charge in [0.25, 0.3) is 0 Å². The summed E-state index contributed by atoms with van der Waals surface area (Å²) in [6.45, 7) is 17.9. The van der Waals surface area contributed by atoms with E-state index in [2.05, 4.69) is 39.2 Å². The molecule has 1 rings (SSSR count). The molecule has 0 aliphatic carbocycles. The molecule has 128 valence electrons. The van der Waals surface area contributed by atoms with Gasteiger partial charge in [0, 0.05) is 0 Å². The number of rotatable bonds is 5. The molecule has 1 aliphatic heterocycles. The molecule has 0 aromatic carbocycles. The molecule has 1 fully saturated rings. The Kier molecular flexibility index (Phi) is 4.65. The van der Waals surface area contributed by atoms with Gasteiger partial charge in [0.15, 0.2) is 8.32 Å². The third-order valence-electron chi connectivity index (χ3n) is 6.25. The van der Waals surface area contributed by atoms with Crippen LogP contribution in [0, 0.1) is 11.3 Å². The van der Waals surface area contributed by atoms with Crippen molar-refractivity contribution >= 4 is 20.2 Å². The van der Waals surface area contributed by atoms with E-state index >= 15 is 0 Å². The Labute approximate surface area is 134 Å². The molecule has 2 N–H and O–H groups in total. The molecule has 1 aliphatic rings. The van der Waals surface area contributed by atoms with Crippen molar-refractivity contribution in [1.82, 2.24) is 5.32 Å². The fourth-order valence-electron chi connectivity index (χ4n) is 2.82. The van der Waals surface area contributed by atoms with Crippen LogP contribution in [0.3, 0.4) is 0 Å². The van der Waals surface area contributed by atoms with Gasteiger partial charge in [-0.25, -0.2) is 0 Å². The Bertz CT molecular complexity index is 485. The van der Waals surface area contributed by atoms with Crippen LogP contribution in [0.2, 0.25) is 18.1 Å². The van der Waals surface area contributed by atoms with Crippen molar-refractivity contribution in [1.29, 1.82) is 0 Å². The smallest absolute Gasteiger partial charge is 0.308 e. The number of hydrogen-bond donors (Lipinski definition) is 2. The van der Waals surface area contributed by atoms with E-state index in [0.29, 0.717) is 0 Å². The zero-order valence-electron chi connectivity index (χ0n) is 15.3.